The van der Waals surface area contributed by atoms with Crippen molar-refractivity contribution in [2.45, 2.75) is 6.54 Å². The van der Waals surface area contributed by atoms with Gasteiger partial charge in [0.25, 0.3) is 0 Å². The van der Waals surface area contributed by atoms with Gasteiger partial charge in [-0.2, -0.15) is 0 Å². The number of carboxylic acids is 1. The molecular weight excluding hydrogens is 230 g/mol. The van der Waals surface area contributed by atoms with Crippen LogP contribution in [0.15, 0.2) is 42.7 Å². The molecule has 0 radical (unpaired) electrons. The highest BCUT2D eigenvalue weighted by atomic mass is 16.4. The Morgan fingerprint density at radius 3 is 3.06 bits per heavy atom. The van der Waals surface area contributed by atoms with Gasteiger partial charge in [0.05, 0.1) is 11.4 Å². The number of carboxylic acid groups (broad SMARTS) is 1. The van der Waals surface area contributed by atoms with Crippen molar-refractivity contribution in [2.75, 3.05) is 0 Å². The Balaban J connectivity index is 2.08. The summed E-state index contributed by atoms with van der Waals surface area (Å²) in [4.78, 5) is 18.2. The first-order valence-corrected chi connectivity index (χ1v) is 5.55. The van der Waals surface area contributed by atoms with Crippen LogP contribution in [0.4, 0.5) is 0 Å². The van der Waals surface area contributed by atoms with E-state index in [4.69, 9.17) is 5.11 Å². The van der Waals surface area contributed by atoms with E-state index in [2.05, 4.69) is 9.97 Å². The smallest absolute Gasteiger partial charge is 0.323 e. The van der Waals surface area contributed by atoms with Crippen LogP contribution >= 0.6 is 0 Å². The summed E-state index contributed by atoms with van der Waals surface area (Å²) in [6.07, 6.45) is 3.47. The van der Waals surface area contributed by atoms with E-state index in [1.54, 1.807) is 17.0 Å². The fraction of sp³-hybridized carbons (Fsp3) is 0.0769. The molecule has 0 aliphatic carbocycles. The van der Waals surface area contributed by atoms with Crippen molar-refractivity contribution in [2.24, 2.45) is 0 Å². The highest BCUT2D eigenvalue weighted by Crippen LogP contribution is 2.23. The number of aromatic amines is 1. The Kier molecular flexibility index (Phi) is 2.37. The van der Waals surface area contributed by atoms with E-state index >= 15 is 0 Å². The molecule has 3 heterocycles. The minimum absolute atomic E-state index is 0.0505. The van der Waals surface area contributed by atoms with Gasteiger partial charge in [-0.05, 0) is 30.3 Å². The Hall–Kier alpha value is -2.56. The Morgan fingerprint density at radius 2 is 2.28 bits per heavy atom. The van der Waals surface area contributed by atoms with Gasteiger partial charge >= 0.3 is 5.97 Å². The topological polar surface area (TPSA) is 70.9 Å². The van der Waals surface area contributed by atoms with E-state index in [1.807, 2.05) is 30.3 Å². The first-order chi connectivity index (χ1) is 8.74. The minimum Gasteiger partial charge on any atom is -0.480 e. The zero-order chi connectivity index (χ0) is 12.5. The molecule has 0 atom stereocenters. The molecule has 3 aromatic rings. The number of H-pyrrole nitrogens is 1. The third-order valence-corrected chi connectivity index (χ3v) is 2.80. The number of carbonyl (C=O) groups is 1. The third-order valence-electron chi connectivity index (χ3n) is 2.80. The number of hydrogen-bond donors (Lipinski definition) is 2. The number of aliphatic carboxylic acids is 1. The van der Waals surface area contributed by atoms with Gasteiger partial charge < -0.3 is 14.7 Å². The lowest BCUT2D eigenvalue weighted by atomic mass is 10.3. The highest BCUT2D eigenvalue weighted by molar-refractivity contribution is 5.82. The fourth-order valence-electron chi connectivity index (χ4n) is 2.04. The molecule has 0 bridgehead atoms. The van der Waals surface area contributed by atoms with Crippen LogP contribution in [0.1, 0.15) is 0 Å². The van der Waals surface area contributed by atoms with Crippen molar-refractivity contribution in [1.82, 2.24) is 14.5 Å². The van der Waals surface area contributed by atoms with Gasteiger partial charge in [0.15, 0.2) is 0 Å². The zero-order valence-electron chi connectivity index (χ0n) is 9.50. The lowest BCUT2D eigenvalue weighted by molar-refractivity contribution is -0.137. The summed E-state index contributed by atoms with van der Waals surface area (Å²) in [5.74, 6) is -0.860. The summed E-state index contributed by atoms with van der Waals surface area (Å²) in [7, 11) is 0. The first-order valence-electron chi connectivity index (χ1n) is 5.55. The lowest BCUT2D eigenvalue weighted by Crippen LogP contribution is -2.08. The van der Waals surface area contributed by atoms with Gasteiger partial charge in [-0.3, -0.25) is 4.79 Å². The van der Waals surface area contributed by atoms with Crippen LogP contribution in [-0.4, -0.2) is 25.6 Å². The molecule has 5 nitrogen and oxygen atoms in total. The van der Waals surface area contributed by atoms with Crippen LogP contribution in [-0.2, 0) is 11.3 Å². The van der Waals surface area contributed by atoms with Crippen LogP contribution in [0.5, 0.6) is 0 Å². The van der Waals surface area contributed by atoms with Crippen LogP contribution in [0, 0.1) is 0 Å². The SMILES string of the molecule is O=C(O)Cn1cccc1-c1cc2cccnc2[nH]1. The number of hydrogen-bond acceptors (Lipinski definition) is 2. The summed E-state index contributed by atoms with van der Waals surface area (Å²) < 4.78 is 1.69. The Labute approximate surface area is 103 Å². The van der Waals surface area contributed by atoms with E-state index in [-0.39, 0.29) is 6.54 Å². The van der Waals surface area contributed by atoms with Crippen molar-refractivity contribution < 1.29 is 9.90 Å². The highest BCUT2D eigenvalue weighted by Gasteiger charge is 2.09. The zero-order valence-corrected chi connectivity index (χ0v) is 9.50. The maximum atomic E-state index is 10.8. The van der Waals surface area contributed by atoms with Crippen LogP contribution in [0.25, 0.3) is 22.4 Å². The molecule has 0 aliphatic heterocycles. The van der Waals surface area contributed by atoms with E-state index in [1.165, 1.54) is 0 Å². The maximum Gasteiger partial charge on any atom is 0.323 e. The number of rotatable bonds is 3. The van der Waals surface area contributed by atoms with Gasteiger partial charge in [-0.15, -0.1) is 0 Å². The monoisotopic (exact) mass is 241 g/mol. The second kappa shape index (κ2) is 4.03. The summed E-state index contributed by atoms with van der Waals surface area (Å²) in [5, 5.41) is 9.86. The molecule has 5 heteroatoms. The molecule has 0 aliphatic rings. The second-order valence-electron chi connectivity index (χ2n) is 4.04. The normalized spacial score (nSPS) is 10.9. The molecule has 90 valence electrons. The van der Waals surface area contributed by atoms with Gasteiger partial charge in [0.1, 0.15) is 12.2 Å². The molecule has 0 saturated carbocycles. The molecular formula is C13H11N3O2. The summed E-state index contributed by atoms with van der Waals surface area (Å²) >= 11 is 0. The molecule has 2 N–H and O–H groups in total. The van der Waals surface area contributed by atoms with Crippen molar-refractivity contribution in [3.63, 3.8) is 0 Å². The summed E-state index contributed by atoms with van der Waals surface area (Å²) in [6, 6.07) is 9.52. The molecule has 3 aromatic heterocycles. The van der Waals surface area contributed by atoms with Crippen LogP contribution in [0.3, 0.4) is 0 Å². The van der Waals surface area contributed by atoms with Crippen molar-refractivity contribution >= 4 is 17.0 Å². The van der Waals surface area contributed by atoms with E-state index < -0.39 is 5.97 Å². The fourth-order valence-corrected chi connectivity index (χ4v) is 2.04. The van der Waals surface area contributed by atoms with Crippen LogP contribution in [0.2, 0.25) is 0 Å². The average Bonchev–Trinajstić information content (AvgIpc) is 2.93. The van der Waals surface area contributed by atoms with E-state index in [0.717, 1.165) is 22.4 Å². The largest absolute Gasteiger partial charge is 0.480 e. The van der Waals surface area contributed by atoms with Gasteiger partial charge in [0.2, 0.25) is 0 Å². The molecule has 0 saturated heterocycles. The van der Waals surface area contributed by atoms with Crippen LogP contribution < -0.4 is 0 Å². The van der Waals surface area contributed by atoms with Gasteiger partial charge in [-0.25, -0.2) is 4.98 Å². The Morgan fingerprint density at radius 1 is 1.39 bits per heavy atom. The predicted molar refractivity (Wildman–Crippen MR) is 67.2 cm³/mol. The van der Waals surface area contributed by atoms with Crippen molar-refractivity contribution in [1.29, 1.82) is 0 Å². The van der Waals surface area contributed by atoms with E-state index in [9.17, 15) is 4.79 Å². The lowest BCUT2D eigenvalue weighted by Gasteiger charge is -2.03. The van der Waals surface area contributed by atoms with Gasteiger partial charge in [0, 0.05) is 17.8 Å². The maximum absolute atomic E-state index is 10.8. The number of nitrogens with zero attached hydrogens (tertiary/aromatic N) is 2. The Bertz CT molecular complexity index is 679. The number of nitrogens with one attached hydrogen (secondary N) is 1. The first kappa shape index (κ1) is 10.6. The summed E-state index contributed by atoms with van der Waals surface area (Å²) in [6.45, 7) is -0.0505. The van der Waals surface area contributed by atoms with E-state index in [0.29, 0.717) is 0 Å². The predicted octanol–water partition coefficient (Wildman–Crippen LogP) is 2.12. The quantitative estimate of drug-likeness (QED) is 0.737. The third kappa shape index (κ3) is 1.75. The number of aromatic nitrogens is 3. The standard InChI is InChI=1S/C13H11N3O2/c17-12(18)8-16-6-2-4-11(16)10-7-9-3-1-5-14-13(9)15-10/h1-7H,8H2,(H,14,15)(H,17,18). The second-order valence-corrected chi connectivity index (χ2v) is 4.04. The molecule has 0 amide bonds. The van der Waals surface area contributed by atoms with Crippen molar-refractivity contribution in [3.05, 3.63) is 42.7 Å². The number of fused-ring (bicyclic) bond motifs is 1. The van der Waals surface area contributed by atoms with Gasteiger partial charge in [-0.1, -0.05) is 0 Å². The van der Waals surface area contributed by atoms with Crippen molar-refractivity contribution in [3.8, 4) is 11.4 Å². The summed E-state index contributed by atoms with van der Waals surface area (Å²) in [5.41, 5.74) is 2.51. The molecule has 0 fully saturated rings. The molecule has 3 rings (SSSR count). The molecule has 0 aromatic carbocycles. The number of pyridine rings is 1. The average molecular weight is 241 g/mol. The molecule has 0 unspecified atom stereocenters. The molecule has 0 spiro atoms. The molecule has 18 heavy (non-hydrogen) atoms. The minimum atomic E-state index is -0.860.